The first-order valence-electron chi connectivity index (χ1n) is 37.7. The van der Waals surface area contributed by atoms with Crippen molar-refractivity contribution in [2.75, 3.05) is 78.5 Å². The average Bonchev–Trinajstić information content (AvgIpc) is 0.908. The molecule has 0 saturated heterocycles. The molecule has 0 aliphatic carbocycles. The molecule has 12 aromatic rings. The van der Waals surface area contributed by atoms with Crippen molar-refractivity contribution in [1.29, 1.82) is 0 Å². The predicted molar refractivity (Wildman–Crippen MR) is 460 cm³/mol. The van der Waals surface area contributed by atoms with Gasteiger partial charge >= 0.3 is 198 Å². The van der Waals surface area contributed by atoms with Gasteiger partial charge in [-0.05, 0) is 66.8 Å². The molecule has 0 bridgehead atoms. The Morgan fingerprint density at radius 1 is 0.121 bits per heavy atom. The molecule has 628 valence electrons. The number of hydrogen-bond acceptors (Lipinski definition) is 24. The number of para-hydroxylation sites is 12. The number of aliphatic imine (C=N–C) groups is 12. The van der Waals surface area contributed by atoms with Crippen LogP contribution >= 0.6 is 0 Å². The van der Waals surface area contributed by atoms with Crippen LogP contribution < -0.4 is 61.3 Å². The van der Waals surface area contributed by atoms with E-state index in [0.717, 1.165) is 0 Å². The van der Waals surface area contributed by atoms with E-state index < -0.39 is 0 Å². The summed E-state index contributed by atoms with van der Waals surface area (Å²) < 4.78 is 0. The standard InChI is InChI=1S/6C16H16N2O2.4Eu/c6*19-15-7-3-1-5-13(15)11-17-9-10-18-12-14-6-2-4-8-16(14)20;;;;/h6*1-8,11-12,19-20H,9-10H2;;;;/q;;;;;;4*+3/p-12. The molecule has 12 rings (SSSR count). The molecule has 28 heteroatoms. The van der Waals surface area contributed by atoms with E-state index in [2.05, 4.69) is 59.9 Å². The smallest absolute Gasteiger partial charge is 0.872 e. The SMILES string of the molecule is [Eu+3].[Eu+3].[Eu+3].[Eu+3].[O-]c1ccccc1C=NCCN=Cc1ccccc1[O-].[O-]c1ccccc1C=NCCN=Cc1ccccc1[O-].[O-]c1ccccc1C=NCCN=Cc1ccccc1[O-].[O-]c1ccccc1C=NCCN=Cc1ccccc1[O-].[O-]c1ccccc1C=NCCN=Cc1ccccc1[O-].[O-]c1ccccc1C=NCCN=Cc1ccccc1[O-]. The van der Waals surface area contributed by atoms with Crippen LogP contribution in [0.25, 0.3) is 0 Å². The Labute approximate surface area is 885 Å². The number of nitrogens with zero attached hydrogens (tertiary/aromatic N) is 12. The van der Waals surface area contributed by atoms with E-state index in [0.29, 0.717) is 145 Å². The third-order valence-corrected chi connectivity index (χ3v) is 15.9. The number of hydrogen-bond donors (Lipinski definition) is 0. The van der Waals surface area contributed by atoms with Crippen molar-refractivity contribution < 1.29 is 259 Å². The van der Waals surface area contributed by atoms with Gasteiger partial charge < -0.3 is 61.3 Å². The normalized spacial score (nSPS) is 11.0. The zero-order valence-electron chi connectivity index (χ0n) is 66.9. The van der Waals surface area contributed by atoms with Crippen LogP contribution in [0.2, 0.25) is 0 Å². The van der Waals surface area contributed by atoms with Crippen LogP contribution in [0.5, 0.6) is 69.0 Å². The topological polar surface area (TPSA) is 425 Å². The molecular weight excluding hydrogens is 2120 g/mol. The third kappa shape index (κ3) is 45.0. The molecule has 0 saturated carbocycles. The van der Waals surface area contributed by atoms with Gasteiger partial charge in [0.1, 0.15) is 0 Å². The predicted octanol–water partition coefficient (Wildman–Crippen LogP) is 8.23. The van der Waals surface area contributed by atoms with Crippen molar-refractivity contribution in [1.82, 2.24) is 0 Å². The van der Waals surface area contributed by atoms with E-state index in [1.165, 1.54) is 72.8 Å². The molecule has 0 atom stereocenters. The van der Waals surface area contributed by atoms with Crippen LogP contribution in [0.15, 0.2) is 351 Å². The summed E-state index contributed by atoms with van der Waals surface area (Å²) in [6.45, 7) is 5.74. The second-order valence-electron chi connectivity index (χ2n) is 24.9. The fourth-order valence-corrected chi connectivity index (χ4v) is 9.69. The quantitative estimate of drug-likeness (QED) is 0.0303. The summed E-state index contributed by atoms with van der Waals surface area (Å²) in [6.07, 6.45) is 18.7. The Hall–Kier alpha value is -9.38. The first kappa shape index (κ1) is 109. The summed E-state index contributed by atoms with van der Waals surface area (Å²) in [4.78, 5) is 49.7. The second-order valence-corrected chi connectivity index (χ2v) is 24.9. The minimum Gasteiger partial charge on any atom is -0.872 e. The van der Waals surface area contributed by atoms with Crippen molar-refractivity contribution >= 4 is 74.6 Å². The van der Waals surface area contributed by atoms with Crippen LogP contribution in [0.4, 0.5) is 0 Å². The van der Waals surface area contributed by atoms with Crippen molar-refractivity contribution in [3.8, 4) is 69.0 Å². The number of benzene rings is 12. The Balaban J connectivity index is 0.000000382. The molecule has 124 heavy (non-hydrogen) atoms. The third-order valence-electron chi connectivity index (χ3n) is 15.9. The Morgan fingerprint density at radius 2 is 0.185 bits per heavy atom. The summed E-state index contributed by atoms with van der Waals surface area (Å²) in [6, 6.07) is 80.7. The first-order valence-corrected chi connectivity index (χ1v) is 37.7. The van der Waals surface area contributed by atoms with E-state index in [9.17, 15) is 61.3 Å². The van der Waals surface area contributed by atoms with Crippen molar-refractivity contribution in [3.63, 3.8) is 0 Å². The fraction of sp³-hybridized carbons (Fsp3) is 0.125. The van der Waals surface area contributed by atoms with Gasteiger partial charge in [-0.25, -0.2) is 0 Å². The van der Waals surface area contributed by atoms with E-state index >= 15 is 0 Å². The van der Waals surface area contributed by atoms with Crippen molar-refractivity contribution in [2.24, 2.45) is 59.9 Å². The molecule has 0 fully saturated rings. The van der Waals surface area contributed by atoms with Gasteiger partial charge in [0.2, 0.25) is 0 Å². The Morgan fingerprint density at radius 3 is 0.250 bits per heavy atom. The molecule has 24 nitrogen and oxygen atoms in total. The fourth-order valence-electron chi connectivity index (χ4n) is 9.69. The minimum atomic E-state index is -0.0416. The molecule has 0 radical (unpaired) electrons. The molecule has 0 heterocycles. The molecule has 0 N–H and O–H groups in total. The van der Waals surface area contributed by atoms with Gasteiger partial charge in [0.05, 0.1) is 78.5 Å². The van der Waals surface area contributed by atoms with Crippen LogP contribution in [0.1, 0.15) is 66.8 Å². The van der Waals surface area contributed by atoms with Gasteiger partial charge in [-0.2, -0.15) is 0 Å². The molecule has 0 spiro atoms. The first-order chi connectivity index (χ1) is 58.6. The summed E-state index contributed by atoms with van der Waals surface area (Å²) in [5.41, 5.74) is 6.85. The van der Waals surface area contributed by atoms with Gasteiger partial charge in [0.25, 0.3) is 0 Å². The summed E-state index contributed by atoms with van der Waals surface area (Å²) >= 11 is 0. The van der Waals surface area contributed by atoms with Gasteiger partial charge in [-0.1, -0.05) is 291 Å². The molecule has 0 amide bonds. The second kappa shape index (κ2) is 67.0. The molecule has 0 unspecified atom stereocenters. The van der Waals surface area contributed by atoms with Gasteiger partial charge in [-0.15, -0.1) is 69.0 Å². The Bertz CT molecular complexity index is 4280. The molecule has 12 aromatic carbocycles. The summed E-state index contributed by atoms with van der Waals surface area (Å²) in [5.74, 6) is -0.500. The zero-order valence-corrected chi connectivity index (χ0v) is 76.6. The maximum Gasteiger partial charge on any atom is 3.00 e. The molecule has 0 aliphatic heterocycles. The zero-order chi connectivity index (χ0) is 85.3. The molecular formula is C96H84Eu4N12O12. The molecule has 0 aromatic heterocycles. The van der Waals surface area contributed by atoms with Crippen molar-refractivity contribution in [2.45, 2.75) is 0 Å². The summed E-state index contributed by atoms with van der Waals surface area (Å²) in [5, 5.41) is 137. The molecule has 0 aliphatic rings. The largest absolute Gasteiger partial charge is 3.00 e. The summed E-state index contributed by atoms with van der Waals surface area (Å²) in [7, 11) is 0. The maximum absolute atomic E-state index is 11.4. The van der Waals surface area contributed by atoms with E-state index in [1.54, 1.807) is 293 Å². The Kier molecular flexibility index (Phi) is 58.8. The van der Waals surface area contributed by atoms with E-state index in [4.69, 9.17) is 0 Å². The average molecular weight is 2210 g/mol. The van der Waals surface area contributed by atoms with Gasteiger partial charge in [-0.3, -0.25) is 59.9 Å². The van der Waals surface area contributed by atoms with Crippen LogP contribution in [-0.2, 0) is 0 Å². The maximum atomic E-state index is 11.4. The van der Waals surface area contributed by atoms with E-state index in [-0.39, 0.29) is 267 Å². The van der Waals surface area contributed by atoms with Crippen LogP contribution in [0.3, 0.4) is 0 Å². The van der Waals surface area contributed by atoms with E-state index in [1.807, 2.05) is 0 Å². The van der Waals surface area contributed by atoms with Crippen molar-refractivity contribution in [3.05, 3.63) is 358 Å². The number of rotatable bonds is 30. The monoisotopic (exact) mass is 2210 g/mol. The van der Waals surface area contributed by atoms with Gasteiger partial charge in [0.15, 0.2) is 0 Å². The minimum absolute atomic E-state index is 0. The van der Waals surface area contributed by atoms with Gasteiger partial charge in [0, 0.05) is 74.6 Å². The van der Waals surface area contributed by atoms with Crippen LogP contribution in [-0.4, -0.2) is 153 Å². The van der Waals surface area contributed by atoms with Crippen LogP contribution in [0, 0.1) is 198 Å².